The van der Waals surface area contributed by atoms with Crippen LogP contribution in [0.25, 0.3) is 11.1 Å². The number of nitrogens with one attached hydrogen (secondary N) is 1. The topological polar surface area (TPSA) is 105 Å². The highest BCUT2D eigenvalue weighted by atomic mass is 32.2. The molecule has 9 nitrogen and oxygen atoms in total. The number of anilines is 2. The van der Waals surface area contributed by atoms with Crippen LogP contribution in [0, 0.1) is 11.7 Å². The van der Waals surface area contributed by atoms with Crippen molar-refractivity contribution in [3.8, 4) is 16.9 Å². The van der Waals surface area contributed by atoms with E-state index in [0.29, 0.717) is 6.42 Å². The van der Waals surface area contributed by atoms with Crippen LogP contribution in [0.4, 0.5) is 29.1 Å². The molecule has 2 aliphatic rings. The van der Waals surface area contributed by atoms with Crippen LogP contribution in [0.1, 0.15) is 24.8 Å². The second-order valence-corrected chi connectivity index (χ2v) is 11.0. The number of methoxy groups -OCH3 is 1. The van der Waals surface area contributed by atoms with Crippen LogP contribution in [0.15, 0.2) is 53.3 Å². The van der Waals surface area contributed by atoms with E-state index in [4.69, 9.17) is 4.74 Å². The van der Waals surface area contributed by atoms with Crippen LogP contribution < -0.4 is 14.4 Å². The molecule has 5 rings (SSSR count). The lowest BCUT2D eigenvalue weighted by Crippen LogP contribution is -2.57. The average molecular weight is 569 g/mol. The van der Waals surface area contributed by atoms with Gasteiger partial charge in [0.2, 0.25) is 5.91 Å². The van der Waals surface area contributed by atoms with E-state index in [-0.39, 0.29) is 66.1 Å². The van der Waals surface area contributed by atoms with Gasteiger partial charge in [-0.05, 0) is 42.5 Å². The molecule has 2 aliphatic heterocycles. The maximum absolute atomic E-state index is 15.4. The first-order valence-corrected chi connectivity index (χ1v) is 13.5. The monoisotopic (exact) mass is 568 g/mol. The number of hydrogen-bond acceptors (Lipinski definition) is 6. The summed E-state index contributed by atoms with van der Waals surface area (Å²) in [5, 5.41) is 3.56. The van der Waals surface area contributed by atoms with E-state index >= 15 is 4.39 Å². The van der Waals surface area contributed by atoms with Gasteiger partial charge >= 0.3 is 16.4 Å². The number of aromatic nitrogens is 1. The Morgan fingerprint density at radius 3 is 2.64 bits per heavy atom. The molecule has 2 fully saturated rings. The Hall–Kier alpha value is -3.65. The predicted octanol–water partition coefficient (Wildman–Crippen LogP) is 4.68. The molecule has 1 aromatic heterocycles. The molecule has 39 heavy (non-hydrogen) atoms. The summed E-state index contributed by atoms with van der Waals surface area (Å²) in [7, 11) is -2.61. The Morgan fingerprint density at radius 2 is 1.95 bits per heavy atom. The molecule has 0 radical (unpaired) electrons. The fourth-order valence-electron chi connectivity index (χ4n) is 5.20. The van der Waals surface area contributed by atoms with Gasteiger partial charge < -0.3 is 14.2 Å². The number of halogens is 4. The number of nitrogens with zero attached hydrogens (tertiary/aromatic N) is 3. The van der Waals surface area contributed by atoms with E-state index < -0.39 is 33.8 Å². The molecule has 0 saturated carbocycles. The Kier molecular flexibility index (Phi) is 7.01. The maximum Gasteiger partial charge on any atom is 0.416 e. The zero-order chi connectivity index (χ0) is 27.9. The molecule has 0 bridgehead atoms. The second-order valence-electron chi connectivity index (χ2n) is 9.35. The summed E-state index contributed by atoms with van der Waals surface area (Å²) in [4.78, 5) is 14.5. The number of alkyl halides is 3. The highest BCUT2D eigenvalue weighted by Gasteiger charge is 2.44. The summed E-state index contributed by atoms with van der Waals surface area (Å²) >= 11 is 0. The largest absolute Gasteiger partial charge is 0.495 e. The lowest BCUT2D eigenvalue weighted by atomic mass is 9.84. The smallest absolute Gasteiger partial charge is 0.416 e. The molecule has 208 valence electrons. The molecule has 3 aromatic rings. The summed E-state index contributed by atoms with van der Waals surface area (Å²) in [6, 6.07) is 7.60. The number of carbonyl (C=O) groups excluding carboxylic acids is 1. The van der Waals surface area contributed by atoms with Crippen molar-refractivity contribution >= 4 is 27.6 Å². The van der Waals surface area contributed by atoms with Crippen molar-refractivity contribution in [2.24, 2.45) is 5.92 Å². The molecule has 2 atom stereocenters. The number of piperidine rings is 2. The van der Waals surface area contributed by atoms with E-state index in [1.54, 1.807) is 0 Å². The van der Waals surface area contributed by atoms with Crippen LogP contribution in [-0.4, -0.2) is 50.0 Å². The van der Waals surface area contributed by atoms with Crippen LogP contribution in [-0.2, 0) is 21.2 Å². The van der Waals surface area contributed by atoms with Crippen molar-refractivity contribution in [2.75, 3.05) is 29.8 Å². The minimum absolute atomic E-state index is 0.00755. The van der Waals surface area contributed by atoms with Gasteiger partial charge in [-0.1, -0.05) is 17.3 Å². The van der Waals surface area contributed by atoms with Gasteiger partial charge in [0.25, 0.3) is 0 Å². The third kappa shape index (κ3) is 5.30. The molecule has 0 aliphatic carbocycles. The zero-order valence-electron chi connectivity index (χ0n) is 20.6. The van der Waals surface area contributed by atoms with Crippen molar-refractivity contribution in [1.82, 2.24) is 9.46 Å². The molecule has 2 saturated heterocycles. The summed E-state index contributed by atoms with van der Waals surface area (Å²) in [5.41, 5.74) is -0.880. The Balaban J connectivity index is 1.44. The Bertz CT molecular complexity index is 1480. The van der Waals surface area contributed by atoms with Crippen molar-refractivity contribution < 1.29 is 40.0 Å². The van der Waals surface area contributed by atoms with Crippen molar-refractivity contribution in [3.05, 3.63) is 60.1 Å². The molecule has 2 aromatic carbocycles. The third-order valence-corrected chi connectivity index (χ3v) is 8.50. The van der Waals surface area contributed by atoms with Crippen molar-refractivity contribution in [1.29, 1.82) is 0 Å². The molecule has 14 heteroatoms. The Labute approximate surface area is 221 Å². The third-order valence-electron chi connectivity index (χ3n) is 7.03. The number of fused-ring (bicyclic) bond motifs is 1. The molecular formula is C25H24F4N4O5S. The summed E-state index contributed by atoms with van der Waals surface area (Å²) in [6.45, 7) is 0.208. The van der Waals surface area contributed by atoms with Gasteiger partial charge in [0, 0.05) is 43.2 Å². The SMILES string of the molecule is COc1cc(-c2cccc(C(F)(F)F)c2)c(F)cc1N1C(=O)CCC2CN(S(=O)(=O)Nc3ccon3)CCC21. The Morgan fingerprint density at radius 1 is 1.15 bits per heavy atom. The first-order chi connectivity index (χ1) is 18.5. The highest BCUT2D eigenvalue weighted by molar-refractivity contribution is 7.90. The normalized spacial score (nSPS) is 20.5. The summed E-state index contributed by atoms with van der Waals surface area (Å²) in [6.07, 6.45) is -2.55. The maximum atomic E-state index is 15.4. The van der Waals surface area contributed by atoms with E-state index in [2.05, 4.69) is 14.4 Å². The fourth-order valence-corrected chi connectivity index (χ4v) is 6.43. The highest BCUT2D eigenvalue weighted by Crippen LogP contribution is 2.42. The van der Waals surface area contributed by atoms with Crippen LogP contribution in [0.2, 0.25) is 0 Å². The van der Waals surface area contributed by atoms with E-state index in [1.165, 1.54) is 46.8 Å². The minimum atomic E-state index is -4.60. The lowest BCUT2D eigenvalue weighted by Gasteiger charge is -2.46. The van der Waals surface area contributed by atoms with Gasteiger partial charge in [-0.15, -0.1) is 0 Å². The fraction of sp³-hybridized carbons (Fsp3) is 0.360. The van der Waals surface area contributed by atoms with E-state index in [1.807, 2.05) is 0 Å². The van der Waals surface area contributed by atoms with E-state index in [0.717, 1.165) is 18.2 Å². The number of rotatable bonds is 6. The van der Waals surface area contributed by atoms with Gasteiger partial charge in [-0.3, -0.25) is 9.52 Å². The molecule has 1 amide bonds. The van der Waals surface area contributed by atoms with Crippen molar-refractivity contribution in [3.63, 3.8) is 0 Å². The standard InChI is InChI=1S/C25H24F4N4O5S/c1-37-22-12-18(15-3-2-4-17(11-15)25(27,28)29)19(26)13-21(22)33-20-7-9-32(14-16(20)5-6-24(33)34)39(35,36)31-23-8-10-38-30-23/h2-4,8,10-13,16,20H,5-7,9,14H2,1H3,(H,30,31). The first kappa shape index (κ1) is 26.9. The zero-order valence-corrected chi connectivity index (χ0v) is 21.4. The molecule has 3 heterocycles. The van der Waals surface area contributed by atoms with Crippen molar-refractivity contribution in [2.45, 2.75) is 31.5 Å². The minimum Gasteiger partial charge on any atom is -0.495 e. The molecule has 1 N–H and O–H groups in total. The average Bonchev–Trinajstić information content (AvgIpc) is 3.40. The van der Waals surface area contributed by atoms with Crippen LogP contribution in [0.3, 0.4) is 0 Å². The lowest BCUT2D eigenvalue weighted by molar-refractivity contribution is -0.137. The second kappa shape index (κ2) is 10.2. The number of ether oxygens (including phenoxy) is 1. The predicted molar refractivity (Wildman–Crippen MR) is 133 cm³/mol. The number of hydrogen-bond donors (Lipinski definition) is 1. The van der Waals surface area contributed by atoms with Gasteiger partial charge in [-0.25, -0.2) is 4.39 Å². The summed E-state index contributed by atoms with van der Waals surface area (Å²) < 4.78 is 94.5. The quantitative estimate of drug-likeness (QED) is 0.433. The first-order valence-electron chi connectivity index (χ1n) is 12.0. The molecule has 0 spiro atoms. The molecular weight excluding hydrogens is 544 g/mol. The van der Waals surface area contributed by atoms with Gasteiger partial charge in [0.1, 0.15) is 17.8 Å². The van der Waals surface area contributed by atoms with Gasteiger partial charge in [-0.2, -0.15) is 25.9 Å². The number of carbonyl (C=O) groups is 1. The number of benzene rings is 2. The van der Waals surface area contributed by atoms with Crippen LogP contribution >= 0.6 is 0 Å². The molecule has 2 unspecified atom stereocenters. The van der Waals surface area contributed by atoms with E-state index in [9.17, 15) is 26.4 Å². The summed E-state index contributed by atoms with van der Waals surface area (Å²) in [5.74, 6) is -1.20. The number of amides is 1. The van der Waals surface area contributed by atoms with Gasteiger partial charge in [0.15, 0.2) is 5.82 Å². The van der Waals surface area contributed by atoms with Gasteiger partial charge in [0.05, 0.1) is 18.4 Å². The van der Waals surface area contributed by atoms with Crippen LogP contribution in [0.5, 0.6) is 5.75 Å².